The second kappa shape index (κ2) is 19.5. The summed E-state index contributed by atoms with van der Waals surface area (Å²) in [5.74, 6) is -6.38. The number of aliphatic carboxylic acids is 2. The highest BCUT2D eigenvalue weighted by Gasteiger charge is 2.38. The number of nitrogens with two attached hydrogens (primary N) is 1. The molecule has 0 aliphatic heterocycles. The number of carbonyl (C=O) groups excluding carboxylic acids is 4. The maximum atomic E-state index is 13.0. The van der Waals surface area contributed by atoms with Gasteiger partial charge in [0, 0.05) is 6.42 Å². The monoisotopic (exact) mass is 683 g/mol. The molecule has 2 rings (SSSR count). The maximum absolute atomic E-state index is 13.0. The number of hydrogen-bond donors (Lipinski definition) is 8. The van der Waals surface area contributed by atoms with E-state index in [0.717, 1.165) is 11.1 Å². The molecule has 4 atom stereocenters. The number of benzene rings is 2. The second-order valence-corrected chi connectivity index (χ2v) is 11.1. The summed E-state index contributed by atoms with van der Waals surface area (Å²) in [6.45, 7) is 4.62. The van der Waals surface area contributed by atoms with Crippen molar-refractivity contribution in [1.29, 1.82) is 0 Å². The number of halogens is 3. The number of phenolic OH excluding ortho intramolecular Hbond substituents is 1. The van der Waals surface area contributed by atoms with E-state index in [1.807, 2.05) is 13.8 Å². The van der Waals surface area contributed by atoms with Crippen LogP contribution in [0.4, 0.5) is 13.2 Å². The Morgan fingerprint density at radius 1 is 0.750 bits per heavy atom. The summed E-state index contributed by atoms with van der Waals surface area (Å²) in [6, 6.07) is 11.0. The van der Waals surface area contributed by atoms with Gasteiger partial charge in [-0.2, -0.15) is 13.2 Å². The molecule has 0 radical (unpaired) electrons. The number of aromatic hydroxyl groups is 1. The molecule has 0 heterocycles. The lowest BCUT2D eigenvalue weighted by Crippen LogP contribution is -2.55. The standard InChI is InChI=1S/C29H39N5O7.C2HF3O2/c1-17(2)13-24(29(40)41)34-28(39)23(15-19-7-5-4-6-8-19)33-25(36)16-31-26(37)18(3)32-27(38)22(30)14-20-9-11-21(35)12-10-20;3-2(4,5)1(6)7/h4-12,17-18,22-24,35H,13-16,30H2,1-3H3,(H,31,37)(H,32,38)(H,33,36)(H,34,39)(H,40,41);(H,6,7). The number of amides is 4. The fraction of sp³-hybridized carbons (Fsp3) is 0.419. The summed E-state index contributed by atoms with van der Waals surface area (Å²) in [7, 11) is 0. The quantitative estimate of drug-likeness (QED) is 0.132. The Balaban J connectivity index is 0.00000148. The van der Waals surface area contributed by atoms with Crippen molar-refractivity contribution in [3.05, 3.63) is 65.7 Å². The smallest absolute Gasteiger partial charge is 0.490 e. The molecule has 48 heavy (non-hydrogen) atoms. The molecule has 0 aliphatic rings. The Kier molecular flexibility index (Phi) is 16.6. The third-order valence-electron chi connectivity index (χ3n) is 6.40. The van der Waals surface area contributed by atoms with Crippen LogP contribution in [-0.2, 0) is 41.6 Å². The van der Waals surface area contributed by atoms with Crippen molar-refractivity contribution in [2.24, 2.45) is 11.7 Å². The van der Waals surface area contributed by atoms with Gasteiger partial charge in [0.1, 0.15) is 23.9 Å². The van der Waals surface area contributed by atoms with E-state index in [-0.39, 0.29) is 30.9 Å². The van der Waals surface area contributed by atoms with Crippen LogP contribution in [0.5, 0.6) is 5.75 Å². The van der Waals surface area contributed by atoms with Crippen LogP contribution in [-0.4, -0.2) is 87.8 Å². The Hall–Kier alpha value is -5.19. The third kappa shape index (κ3) is 15.9. The van der Waals surface area contributed by atoms with Crippen LogP contribution in [0.15, 0.2) is 54.6 Å². The SMILES string of the molecule is CC(C)CC(NC(=O)C(Cc1ccccc1)NC(=O)CNC(=O)C(C)NC(=O)C(N)Cc1ccc(O)cc1)C(=O)O.O=C(O)C(F)(F)F. The third-order valence-corrected chi connectivity index (χ3v) is 6.40. The van der Waals surface area contributed by atoms with Crippen molar-refractivity contribution >= 4 is 35.6 Å². The van der Waals surface area contributed by atoms with E-state index >= 15 is 0 Å². The normalized spacial score (nSPS) is 13.4. The van der Waals surface area contributed by atoms with Crippen molar-refractivity contribution in [2.45, 2.75) is 70.4 Å². The van der Waals surface area contributed by atoms with Gasteiger partial charge in [0.2, 0.25) is 23.6 Å². The van der Waals surface area contributed by atoms with Gasteiger partial charge in [0.15, 0.2) is 0 Å². The van der Waals surface area contributed by atoms with Crippen LogP contribution in [0.1, 0.15) is 38.3 Å². The highest BCUT2D eigenvalue weighted by molar-refractivity contribution is 5.94. The zero-order valence-electron chi connectivity index (χ0n) is 26.4. The molecule has 0 bridgehead atoms. The molecule has 264 valence electrons. The largest absolute Gasteiger partial charge is 0.508 e. The molecule has 2 aromatic rings. The molecule has 0 aromatic heterocycles. The molecule has 4 amide bonds. The van der Waals surface area contributed by atoms with Gasteiger partial charge in [-0.1, -0.05) is 56.3 Å². The summed E-state index contributed by atoms with van der Waals surface area (Å²) in [4.78, 5) is 71.2. The van der Waals surface area contributed by atoms with Crippen molar-refractivity contribution in [2.75, 3.05) is 6.54 Å². The van der Waals surface area contributed by atoms with E-state index in [9.17, 15) is 47.4 Å². The fourth-order valence-corrected chi connectivity index (χ4v) is 3.95. The van der Waals surface area contributed by atoms with Crippen molar-refractivity contribution in [3.63, 3.8) is 0 Å². The lowest BCUT2D eigenvalue weighted by Gasteiger charge is -2.23. The zero-order valence-corrected chi connectivity index (χ0v) is 26.4. The van der Waals surface area contributed by atoms with Crippen molar-refractivity contribution in [3.8, 4) is 5.75 Å². The van der Waals surface area contributed by atoms with E-state index in [4.69, 9.17) is 15.6 Å². The van der Waals surface area contributed by atoms with E-state index in [1.54, 1.807) is 42.5 Å². The van der Waals surface area contributed by atoms with Gasteiger partial charge in [0.25, 0.3) is 0 Å². The van der Waals surface area contributed by atoms with Crippen LogP contribution < -0.4 is 27.0 Å². The lowest BCUT2D eigenvalue weighted by atomic mass is 10.0. The molecule has 17 heteroatoms. The van der Waals surface area contributed by atoms with Crippen molar-refractivity contribution < 1.29 is 57.3 Å². The van der Waals surface area contributed by atoms with Gasteiger partial charge in [0.05, 0.1) is 12.6 Å². The summed E-state index contributed by atoms with van der Waals surface area (Å²) >= 11 is 0. The number of hydrogen-bond acceptors (Lipinski definition) is 8. The maximum Gasteiger partial charge on any atom is 0.490 e. The molecular weight excluding hydrogens is 643 g/mol. The van der Waals surface area contributed by atoms with E-state index in [1.165, 1.54) is 19.1 Å². The van der Waals surface area contributed by atoms with Gasteiger partial charge in [-0.3, -0.25) is 19.2 Å². The highest BCUT2D eigenvalue weighted by atomic mass is 19.4. The Morgan fingerprint density at radius 3 is 1.79 bits per heavy atom. The molecule has 0 spiro atoms. The zero-order chi connectivity index (χ0) is 36.6. The second-order valence-electron chi connectivity index (χ2n) is 11.1. The van der Waals surface area contributed by atoms with Crippen LogP contribution in [0.25, 0.3) is 0 Å². The molecule has 14 nitrogen and oxygen atoms in total. The van der Waals surface area contributed by atoms with Gasteiger partial charge in [-0.05, 0) is 48.9 Å². The number of alkyl halides is 3. The minimum Gasteiger partial charge on any atom is -0.508 e. The lowest BCUT2D eigenvalue weighted by molar-refractivity contribution is -0.192. The van der Waals surface area contributed by atoms with E-state index in [0.29, 0.717) is 0 Å². The fourth-order valence-electron chi connectivity index (χ4n) is 3.95. The number of phenols is 1. The van der Waals surface area contributed by atoms with E-state index in [2.05, 4.69) is 21.3 Å². The predicted octanol–water partition coefficient (Wildman–Crippen LogP) is 0.859. The predicted molar refractivity (Wildman–Crippen MR) is 165 cm³/mol. The number of nitrogens with one attached hydrogen (secondary N) is 4. The average molecular weight is 684 g/mol. The van der Waals surface area contributed by atoms with E-state index < -0.39 is 72.5 Å². The Morgan fingerprint density at radius 2 is 1.29 bits per heavy atom. The minimum atomic E-state index is -5.08. The van der Waals surface area contributed by atoms with Gasteiger partial charge >= 0.3 is 18.1 Å². The molecule has 9 N–H and O–H groups in total. The molecule has 4 unspecified atom stereocenters. The molecule has 0 fully saturated rings. The van der Waals surface area contributed by atoms with Crippen LogP contribution >= 0.6 is 0 Å². The first-order valence-electron chi connectivity index (χ1n) is 14.6. The van der Waals surface area contributed by atoms with Crippen molar-refractivity contribution in [1.82, 2.24) is 21.3 Å². The van der Waals surface area contributed by atoms with Gasteiger partial charge in [-0.15, -0.1) is 0 Å². The van der Waals surface area contributed by atoms with Crippen LogP contribution in [0.2, 0.25) is 0 Å². The molecule has 0 aliphatic carbocycles. The number of carbonyl (C=O) groups is 6. The first kappa shape index (κ1) is 40.8. The first-order chi connectivity index (χ1) is 22.3. The number of rotatable bonds is 15. The molecule has 0 saturated carbocycles. The summed E-state index contributed by atoms with van der Waals surface area (Å²) in [5, 5.41) is 36.0. The topological polar surface area (TPSA) is 237 Å². The minimum absolute atomic E-state index is 0.0126. The first-order valence-corrected chi connectivity index (χ1v) is 14.6. The number of carboxylic acids is 2. The highest BCUT2D eigenvalue weighted by Crippen LogP contribution is 2.13. The molecule has 0 saturated heterocycles. The average Bonchev–Trinajstić information content (AvgIpc) is 3.00. The Bertz CT molecular complexity index is 1390. The molecule has 2 aromatic carbocycles. The van der Waals surface area contributed by atoms with Crippen LogP contribution in [0.3, 0.4) is 0 Å². The summed E-state index contributed by atoms with van der Waals surface area (Å²) in [6.07, 6.45) is -4.58. The van der Waals surface area contributed by atoms with Gasteiger partial charge < -0.3 is 42.3 Å². The molecular formula is C31H40F3N5O9. The summed E-state index contributed by atoms with van der Waals surface area (Å²) in [5.41, 5.74) is 7.41. The Labute approximate surface area is 274 Å². The number of carboxylic acid groups (broad SMARTS) is 2. The summed E-state index contributed by atoms with van der Waals surface area (Å²) < 4.78 is 31.7. The van der Waals surface area contributed by atoms with Gasteiger partial charge in [-0.25, -0.2) is 9.59 Å². The van der Waals surface area contributed by atoms with Crippen LogP contribution in [0, 0.1) is 5.92 Å².